The number of esters is 1. The van der Waals surface area contributed by atoms with Crippen molar-refractivity contribution in [3.8, 4) is 0 Å². The molecule has 3 N–H and O–H groups in total. The fourth-order valence-electron chi connectivity index (χ4n) is 1.70. The van der Waals surface area contributed by atoms with Crippen LogP contribution < -0.4 is 5.73 Å². The van der Waals surface area contributed by atoms with Gasteiger partial charge in [-0.2, -0.15) is 8.42 Å². The van der Waals surface area contributed by atoms with Gasteiger partial charge in [0, 0.05) is 0 Å². The van der Waals surface area contributed by atoms with E-state index in [1.807, 2.05) is 6.92 Å². The summed E-state index contributed by atoms with van der Waals surface area (Å²) in [5.41, 5.74) is 6.26. The zero-order chi connectivity index (χ0) is 16.8. The van der Waals surface area contributed by atoms with Crippen LogP contribution in [0.2, 0.25) is 0 Å². The molecule has 22 heavy (non-hydrogen) atoms. The fraction of sp³-hybridized carbons (Fsp3) is 0.533. The van der Waals surface area contributed by atoms with E-state index in [0.29, 0.717) is 12.5 Å². The summed E-state index contributed by atoms with van der Waals surface area (Å²) in [7, 11) is -4.02. The van der Waals surface area contributed by atoms with Crippen molar-refractivity contribution in [1.29, 1.82) is 0 Å². The summed E-state index contributed by atoms with van der Waals surface area (Å²) in [5.74, 6) is 0.328. The Labute approximate surface area is 131 Å². The number of benzene rings is 1. The molecule has 1 fully saturated rings. The van der Waals surface area contributed by atoms with Crippen LogP contribution in [0.1, 0.15) is 31.7 Å². The topological polar surface area (TPSA) is 107 Å². The summed E-state index contributed by atoms with van der Waals surface area (Å²) >= 11 is 0. The molecule has 1 aliphatic carbocycles. The minimum Gasteiger partial charge on any atom is -0.464 e. The van der Waals surface area contributed by atoms with Gasteiger partial charge in [0.05, 0.1) is 11.5 Å². The average molecular weight is 329 g/mol. The molecule has 0 bridgehead atoms. The number of rotatable bonds is 4. The normalized spacial score (nSPS) is 16.0. The molecule has 0 unspecified atom stereocenters. The van der Waals surface area contributed by atoms with Crippen LogP contribution in [0.5, 0.6) is 0 Å². The summed E-state index contributed by atoms with van der Waals surface area (Å²) in [5, 5.41) is 0. The van der Waals surface area contributed by atoms with Crippen LogP contribution in [0.4, 0.5) is 0 Å². The number of hydrogen-bond donors (Lipinski definition) is 2. The lowest BCUT2D eigenvalue weighted by atomic mass is 9.86. The van der Waals surface area contributed by atoms with Crippen LogP contribution >= 0.6 is 0 Å². The Hall–Kier alpha value is -1.44. The van der Waals surface area contributed by atoms with Gasteiger partial charge >= 0.3 is 5.97 Å². The van der Waals surface area contributed by atoms with Crippen LogP contribution in [0.15, 0.2) is 29.2 Å². The summed E-state index contributed by atoms with van der Waals surface area (Å²) in [6.45, 7) is 4.05. The van der Waals surface area contributed by atoms with Crippen molar-refractivity contribution >= 4 is 16.1 Å². The molecule has 0 saturated heterocycles. The van der Waals surface area contributed by atoms with Crippen molar-refractivity contribution in [2.45, 2.75) is 44.0 Å². The smallest absolute Gasteiger partial charge is 0.322 e. The van der Waals surface area contributed by atoms with Gasteiger partial charge < -0.3 is 10.5 Å². The maximum absolute atomic E-state index is 10.8. The predicted molar refractivity (Wildman–Crippen MR) is 82.9 cm³/mol. The standard InChI is InChI=1S/C8H15NO2.C7H8O3S/c1-6(9)8(10)11-5-7-3-2-4-7;1-6-2-4-7(5-3-6)11(8,9)10/h6-7H,2-5,9H2,1H3;2-5H,1H3,(H,8,9,10)/t6-;/m0./s1. The van der Waals surface area contributed by atoms with Crippen LogP contribution in [0, 0.1) is 12.8 Å². The van der Waals surface area contributed by atoms with E-state index in [4.69, 9.17) is 15.0 Å². The molecule has 0 spiro atoms. The third kappa shape index (κ3) is 6.55. The van der Waals surface area contributed by atoms with Crippen molar-refractivity contribution in [3.05, 3.63) is 29.8 Å². The van der Waals surface area contributed by atoms with Gasteiger partial charge in [-0.1, -0.05) is 24.1 Å². The second-order valence-corrected chi connectivity index (χ2v) is 6.93. The van der Waals surface area contributed by atoms with Crippen molar-refractivity contribution in [2.75, 3.05) is 6.61 Å². The molecule has 124 valence electrons. The van der Waals surface area contributed by atoms with Gasteiger partial charge in [0.25, 0.3) is 10.1 Å². The third-order valence-electron chi connectivity index (χ3n) is 3.38. The minimum atomic E-state index is -4.02. The summed E-state index contributed by atoms with van der Waals surface area (Å²) in [4.78, 5) is 10.8. The highest BCUT2D eigenvalue weighted by Gasteiger charge is 2.19. The van der Waals surface area contributed by atoms with Crippen molar-refractivity contribution < 1.29 is 22.5 Å². The van der Waals surface area contributed by atoms with E-state index in [-0.39, 0.29) is 10.9 Å². The Morgan fingerprint density at radius 3 is 2.27 bits per heavy atom. The summed E-state index contributed by atoms with van der Waals surface area (Å²) in [6.07, 6.45) is 3.68. The molecule has 1 aromatic carbocycles. The molecular weight excluding hydrogens is 306 g/mol. The Morgan fingerprint density at radius 1 is 1.36 bits per heavy atom. The zero-order valence-corrected chi connectivity index (χ0v) is 13.7. The molecule has 1 aromatic rings. The second-order valence-electron chi connectivity index (χ2n) is 5.50. The van der Waals surface area contributed by atoms with Gasteiger partial charge in [0.15, 0.2) is 0 Å². The Bertz CT molecular complexity index is 576. The highest BCUT2D eigenvalue weighted by Crippen LogP contribution is 2.26. The minimum absolute atomic E-state index is 0.0666. The number of ether oxygens (including phenoxy) is 1. The van der Waals surface area contributed by atoms with E-state index in [9.17, 15) is 13.2 Å². The van der Waals surface area contributed by atoms with Gasteiger partial charge in [-0.3, -0.25) is 9.35 Å². The lowest BCUT2D eigenvalue weighted by molar-refractivity contribution is -0.147. The quantitative estimate of drug-likeness (QED) is 0.645. The first-order chi connectivity index (χ1) is 10.2. The van der Waals surface area contributed by atoms with E-state index < -0.39 is 16.2 Å². The number of carbonyl (C=O) groups excluding carboxylic acids is 1. The largest absolute Gasteiger partial charge is 0.464 e. The number of aryl methyl sites for hydroxylation is 1. The highest BCUT2D eigenvalue weighted by molar-refractivity contribution is 7.85. The molecule has 2 rings (SSSR count). The van der Waals surface area contributed by atoms with Crippen LogP contribution in [-0.4, -0.2) is 31.6 Å². The van der Waals surface area contributed by atoms with Crippen LogP contribution in [0.25, 0.3) is 0 Å². The van der Waals surface area contributed by atoms with E-state index in [2.05, 4.69) is 0 Å². The van der Waals surface area contributed by atoms with Crippen LogP contribution in [-0.2, 0) is 19.6 Å². The molecule has 0 aliphatic heterocycles. The van der Waals surface area contributed by atoms with Crippen molar-refractivity contribution in [3.63, 3.8) is 0 Å². The van der Waals surface area contributed by atoms with E-state index in [1.165, 1.54) is 31.4 Å². The number of nitrogens with two attached hydrogens (primary N) is 1. The molecule has 1 saturated carbocycles. The Balaban J connectivity index is 0.000000220. The first-order valence-corrected chi connectivity index (χ1v) is 8.60. The lowest BCUT2D eigenvalue weighted by Crippen LogP contribution is -2.31. The molecule has 6 nitrogen and oxygen atoms in total. The SMILES string of the molecule is C[C@H](N)C(=O)OCC1CCC1.Cc1ccc(S(=O)(=O)O)cc1. The van der Waals surface area contributed by atoms with Gasteiger partial charge in [0.2, 0.25) is 0 Å². The van der Waals surface area contributed by atoms with E-state index in [0.717, 1.165) is 5.56 Å². The molecule has 1 aliphatic rings. The highest BCUT2D eigenvalue weighted by atomic mass is 32.2. The average Bonchev–Trinajstić information content (AvgIpc) is 2.36. The molecular formula is C15H23NO5S. The Morgan fingerprint density at radius 2 is 1.91 bits per heavy atom. The molecule has 0 aromatic heterocycles. The zero-order valence-electron chi connectivity index (χ0n) is 12.9. The van der Waals surface area contributed by atoms with Gasteiger partial charge in [-0.25, -0.2) is 0 Å². The first kappa shape index (κ1) is 18.6. The van der Waals surface area contributed by atoms with E-state index >= 15 is 0 Å². The predicted octanol–water partition coefficient (Wildman–Crippen LogP) is 1.92. The fourth-order valence-corrected chi connectivity index (χ4v) is 2.18. The van der Waals surface area contributed by atoms with E-state index in [1.54, 1.807) is 19.1 Å². The number of hydrogen-bond acceptors (Lipinski definition) is 5. The lowest BCUT2D eigenvalue weighted by Gasteiger charge is -2.24. The monoisotopic (exact) mass is 329 g/mol. The summed E-state index contributed by atoms with van der Waals surface area (Å²) < 4.78 is 34.5. The van der Waals surface area contributed by atoms with Crippen LogP contribution in [0.3, 0.4) is 0 Å². The molecule has 0 heterocycles. The number of carbonyl (C=O) groups is 1. The van der Waals surface area contributed by atoms with Gasteiger partial charge in [-0.05, 0) is 44.7 Å². The molecule has 1 atom stereocenters. The molecule has 0 radical (unpaired) electrons. The van der Waals surface area contributed by atoms with Crippen molar-refractivity contribution in [1.82, 2.24) is 0 Å². The van der Waals surface area contributed by atoms with Crippen molar-refractivity contribution in [2.24, 2.45) is 11.7 Å². The first-order valence-electron chi connectivity index (χ1n) is 7.16. The Kier molecular flexibility index (Phi) is 6.99. The third-order valence-corrected chi connectivity index (χ3v) is 4.24. The maximum Gasteiger partial charge on any atom is 0.322 e. The molecule has 0 amide bonds. The van der Waals surface area contributed by atoms with Gasteiger partial charge in [0.1, 0.15) is 6.04 Å². The van der Waals surface area contributed by atoms with Gasteiger partial charge in [-0.15, -0.1) is 0 Å². The maximum atomic E-state index is 10.8. The molecule has 7 heteroatoms. The second kappa shape index (κ2) is 8.26. The summed E-state index contributed by atoms with van der Waals surface area (Å²) in [6, 6.07) is 5.51.